The Morgan fingerprint density at radius 2 is 2.00 bits per heavy atom. The second-order valence-electron chi connectivity index (χ2n) is 8.78. The highest BCUT2D eigenvalue weighted by Crippen LogP contribution is 2.44. The number of thioether (sulfide) groups is 1. The predicted octanol–water partition coefficient (Wildman–Crippen LogP) is 7.11. The zero-order chi connectivity index (χ0) is 23.2. The lowest BCUT2D eigenvalue weighted by Gasteiger charge is -2.30. The number of carbonyl (C=O) groups is 1. The van der Waals surface area contributed by atoms with Gasteiger partial charge in [-0.1, -0.05) is 0 Å². The van der Waals surface area contributed by atoms with Gasteiger partial charge in [-0.25, -0.2) is 8.78 Å². The van der Waals surface area contributed by atoms with E-state index in [1.54, 1.807) is 0 Å². The number of carbonyl (C=O) groups excluding carboxylic acids is 1. The first-order valence-corrected chi connectivity index (χ1v) is 13.8. The van der Waals surface area contributed by atoms with Crippen LogP contribution in [-0.4, -0.2) is 36.4 Å². The molecule has 0 amide bonds. The summed E-state index contributed by atoms with van der Waals surface area (Å²) < 4.78 is 39.5. The van der Waals surface area contributed by atoms with Gasteiger partial charge >= 0.3 is 0 Å². The molecule has 3 nitrogen and oxygen atoms in total. The van der Waals surface area contributed by atoms with E-state index in [-0.39, 0.29) is 29.6 Å². The van der Waals surface area contributed by atoms with Crippen LogP contribution < -0.4 is 0 Å². The lowest BCUT2D eigenvalue weighted by molar-refractivity contribution is -0.194. The summed E-state index contributed by atoms with van der Waals surface area (Å²) >= 11 is 9.82. The number of hydrogen-bond donors (Lipinski definition) is 0. The lowest BCUT2D eigenvalue weighted by Crippen LogP contribution is -2.32. The minimum atomic E-state index is -0.565. The first-order chi connectivity index (χ1) is 16.0. The Balaban J connectivity index is 1.41. The molecule has 1 aromatic carbocycles. The second kappa shape index (κ2) is 12.1. The smallest absolute Gasteiger partial charge is 0.160 e. The summed E-state index contributed by atoms with van der Waals surface area (Å²) in [6.07, 6.45) is 7.27. The standard InChI is InChI=1S/C25H29ClF2O3S2/c26-23-13-24(31-25-6-1-2-9-30-25)22(15-32-20-11-16(27)10-17(28)12-20)21(23)5-3-4-18-7-8-19(14-29)33-18/h7-8,10-12,14,21-25H,1-6,9,13,15H2/t21-,22-,23-,24-,25?/m1/s1. The largest absolute Gasteiger partial charge is 0.353 e. The third-order valence-electron chi connectivity index (χ3n) is 6.45. The van der Waals surface area contributed by atoms with Crippen molar-refractivity contribution in [3.63, 3.8) is 0 Å². The van der Waals surface area contributed by atoms with Crippen LogP contribution in [0.15, 0.2) is 35.2 Å². The third-order valence-corrected chi connectivity index (χ3v) is 9.14. The number of rotatable bonds is 10. The van der Waals surface area contributed by atoms with E-state index >= 15 is 0 Å². The van der Waals surface area contributed by atoms with E-state index in [1.165, 1.54) is 40.1 Å². The summed E-state index contributed by atoms with van der Waals surface area (Å²) in [4.78, 5) is 13.5. The molecule has 1 aromatic heterocycles. The first-order valence-electron chi connectivity index (χ1n) is 11.6. The van der Waals surface area contributed by atoms with Crippen LogP contribution in [0.5, 0.6) is 0 Å². The number of thiophene rings is 1. The zero-order valence-electron chi connectivity index (χ0n) is 18.4. The molecule has 1 saturated carbocycles. The lowest BCUT2D eigenvalue weighted by atomic mass is 9.91. The molecule has 0 bridgehead atoms. The van der Waals surface area contributed by atoms with Crippen molar-refractivity contribution >= 4 is 41.0 Å². The number of halogens is 3. The maximum Gasteiger partial charge on any atom is 0.160 e. The summed E-state index contributed by atoms with van der Waals surface area (Å²) in [6.45, 7) is 0.719. The summed E-state index contributed by atoms with van der Waals surface area (Å²) in [7, 11) is 0. The van der Waals surface area contributed by atoms with E-state index in [0.29, 0.717) is 10.6 Å². The van der Waals surface area contributed by atoms with Gasteiger partial charge in [0, 0.05) is 33.6 Å². The second-order valence-corrected chi connectivity index (χ2v) is 11.6. The quantitative estimate of drug-likeness (QED) is 0.192. The summed E-state index contributed by atoms with van der Waals surface area (Å²) in [6, 6.07) is 7.51. The number of aryl methyl sites for hydroxylation is 1. The molecular formula is C25H29ClF2O3S2. The highest BCUT2D eigenvalue weighted by atomic mass is 35.5. The van der Waals surface area contributed by atoms with E-state index in [4.69, 9.17) is 21.1 Å². The van der Waals surface area contributed by atoms with Crippen LogP contribution in [0.1, 0.15) is 53.1 Å². The van der Waals surface area contributed by atoms with E-state index in [2.05, 4.69) is 0 Å². The Kier molecular flexibility index (Phi) is 9.22. The predicted molar refractivity (Wildman–Crippen MR) is 129 cm³/mol. The molecule has 1 aliphatic carbocycles. The van der Waals surface area contributed by atoms with E-state index < -0.39 is 11.6 Å². The van der Waals surface area contributed by atoms with Crippen molar-refractivity contribution in [2.75, 3.05) is 12.4 Å². The van der Waals surface area contributed by atoms with Crippen LogP contribution in [0.3, 0.4) is 0 Å². The molecule has 180 valence electrons. The molecule has 0 radical (unpaired) electrons. The molecule has 0 N–H and O–H groups in total. The normalized spacial score (nSPS) is 27.7. The van der Waals surface area contributed by atoms with Crippen LogP contribution in [0, 0.1) is 23.5 Å². The van der Waals surface area contributed by atoms with Crippen molar-refractivity contribution < 1.29 is 23.0 Å². The molecule has 1 aliphatic heterocycles. The van der Waals surface area contributed by atoms with Gasteiger partial charge in [-0.3, -0.25) is 4.79 Å². The third kappa shape index (κ3) is 7.01. The minimum Gasteiger partial charge on any atom is -0.353 e. The fourth-order valence-corrected chi connectivity index (χ4v) is 7.42. The van der Waals surface area contributed by atoms with Gasteiger partial charge in [0.2, 0.25) is 0 Å². The summed E-state index contributed by atoms with van der Waals surface area (Å²) in [5.41, 5.74) is 0. The van der Waals surface area contributed by atoms with Gasteiger partial charge in [-0.2, -0.15) is 0 Å². The van der Waals surface area contributed by atoms with Crippen molar-refractivity contribution in [1.82, 2.24) is 0 Å². The maximum absolute atomic E-state index is 13.7. The molecule has 2 fully saturated rings. The van der Waals surface area contributed by atoms with Crippen LogP contribution in [0.4, 0.5) is 8.78 Å². The maximum atomic E-state index is 13.7. The number of ether oxygens (including phenoxy) is 2. The summed E-state index contributed by atoms with van der Waals surface area (Å²) in [5.74, 6) is -0.0306. The summed E-state index contributed by atoms with van der Waals surface area (Å²) in [5, 5.41) is -0.0118. The molecule has 2 heterocycles. The van der Waals surface area contributed by atoms with Gasteiger partial charge in [0.1, 0.15) is 11.6 Å². The zero-order valence-corrected chi connectivity index (χ0v) is 20.8. The van der Waals surface area contributed by atoms with Crippen molar-refractivity contribution in [2.45, 2.75) is 67.6 Å². The van der Waals surface area contributed by atoms with Crippen molar-refractivity contribution in [2.24, 2.45) is 11.8 Å². The molecular weight excluding hydrogens is 486 g/mol. The molecule has 8 heteroatoms. The Morgan fingerprint density at radius 1 is 1.18 bits per heavy atom. The van der Waals surface area contributed by atoms with Crippen molar-refractivity contribution in [3.8, 4) is 0 Å². The molecule has 1 unspecified atom stereocenters. The van der Waals surface area contributed by atoms with Crippen LogP contribution in [-0.2, 0) is 15.9 Å². The molecule has 0 spiro atoms. The van der Waals surface area contributed by atoms with Crippen LogP contribution >= 0.6 is 34.7 Å². The molecule has 2 aromatic rings. The van der Waals surface area contributed by atoms with E-state index in [1.807, 2.05) is 12.1 Å². The number of alkyl halides is 1. The fourth-order valence-electron chi connectivity index (χ4n) is 4.82. The topological polar surface area (TPSA) is 35.5 Å². The fraction of sp³-hybridized carbons (Fsp3) is 0.560. The molecule has 4 rings (SSSR count). The van der Waals surface area contributed by atoms with Crippen molar-refractivity contribution in [1.29, 1.82) is 0 Å². The van der Waals surface area contributed by atoms with Gasteiger partial charge in [-0.05, 0) is 81.0 Å². The average Bonchev–Trinajstić information content (AvgIpc) is 3.37. The van der Waals surface area contributed by atoms with Gasteiger partial charge in [0.15, 0.2) is 12.6 Å². The Bertz CT molecular complexity index is 899. The molecule has 1 saturated heterocycles. The number of aldehydes is 1. The van der Waals surface area contributed by atoms with Crippen LogP contribution in [0.2, 0.25) is 0 Å². The average molecular weight is 515 g/mol. The molecule has 33 heavy (non-hydrogen) atoms. The van der Waals surface area contributed by atoms with Gasteiger partial charge < -0.3 is 9.47 Å². The number of benzene rings is 1. The molecule has 2 aliphatic rings. The number of hydrogen-bond acceptors (Lipinski definition) is 5. The van der Waals surface area contributed by atoms with Crippen molar-refractivity contribution in [3.05, 3.63) is 51.7 Å². The Labute approximate surface area is 207 Å². The van der Waals surface area contributed by atoms with E-state index in [0.717, 1.165) is 68.8 Å². The molecule has 5 atom stereocenters. The highest BCUT2D eigenvalue weighted by Gasteiger charge is 2.43. The highest BCUT2D eigenvalue weighted by molar-refractivity contribution is 7.99. The van der Waals surface area contributed by atoms with Crippen LogP contribution in [0.25, 0.3) is 0 Å². The monoisotopic (exact) mass is 514 g/mol. The van der Waals surface area contributed by atoms with Gasteiger partial charge in [0.05, 0.1) is 11.0 Å². The Morgan fingerprint density at radius 3 is 2.70 bits per heavy atom. The van der Waals surface area contributed by atoms with Gasteiger partial charge in [0.25, 0.3) is 0 Å². The minimum absolute atomic E-state index is 0.0118. The first kappa shape index (κ1) is 25.1. The van der Waals surface area contributed by atoms with Gasteiger partial charge in [-0.15, -0.1) is 34.7 Å². The van der Waals surface area contributed by atoms with E-state index in [9.17, 15) is 13.6 Å². The SMILES string of the molecule is O=Cc1ccc(CCC[C@@H]2[C@@H](CSc3cc(F)cc(F)c3)[C@H](OC3CCCCO3)C[C@H]2Cl)s1. The Hall–Kier alpha value is -0.990.